The number of hydrogen-bond acceptors (Lipinski definition) is 3. The van der Waals surface area contributed by atoms with E-state index in [9.17, 15) is 8.78 Å². The normalized spacial score (nSPS) is 12.4. The standard InChI is InChI=1S/C7H9F2N3.ClH/c1-4(10)7-11-3-2-5(12-7)6(8)9;/h2-4,6H,10H2,1H3;1H. The monoisotopic (exact) mass is 209 g/mol. The van der Waals surface area contributed by atoms with E-state index in [4.69, 9.17) is 5.73 Å². The highest BCUT2D eigenvalue weighted by atomic mass is 35.5. The van der Waals surface area contributed by atoms with Gasteiger partial charge < -0.3 is 5.73 Å². The summed E-state index contributed by atoms with van der Waals surface area (Å²) in [6.07, 6.45) is -1.28. The Morgan fingerprint density at radius 3 is 2.54 bits per heavy atom. The Balaban J connectivity index is 0.00000144. The van der Waals surface area contributed by atoms with Gasteiger partial charge in [-0.3, -0.25) is 0 Å². The van der Waals surface area contributed by atoms with Gasteiger partial charge in [-0.2, -0.15) is 0 Å². The molecule has 0 fully saturated rings. The van der Waals surface area contributed by atoms with E-state index in [0.29, 0.717) is 0 Å². The van der Waals surface area contributed by atoms with E-state index in [-0.39, 0.29) is 23.9 Å². The predicted octanol–water partition coefficient (Wildman–Crippen LogP) is 1.86. The Morgan fingerprint density at radius 2 is 2.08 bits per heavy atom. The molecule has 0 aliphatic rings. The van der Waals surface area contributed by atoms with Gasteiger partial charge in [0.2, 0.25) is 0 Å². The van der Waals surface area contributed by atoms with Gasteiger partial charge in [-0.25, -0.2) is 18.7 Å². The highest BCUT2D eigenvalue weighted by molar-refractivity contribution is 5.85. The number of aromatic nitrogens is 2. The molecule has 0 bridgehead atoms. The summed E-state index contributed by atoms with van der Waals surface area (Å²) in [4.78, 5) is 7.34. The number of rotatable bonds is 2. The van der Waals surface area contributed by atoms with E-state index in [1.54, 1.807) is 6.92 Å². The van der Waals surface area contributed by atoms with Crippen molar-refractivity contribution in [3.05, 3.63) is 23.8 Å². The lowest BCUT2D eigenvalue weighted by atomic mass is 10.3. The van der Waals surface area contributed by atoms with Crippen molar-refractivity contribution in [2.45, 2.75) is 19.4 Å². The number of nitrogens with zero attached hydrogens (tertiary/aromatic N) is 2. The first-order valence-electron chi connectivity index (χ1n) is 3.48. The molecule has 1 unspecified atom stereocenters. The van der Waals surface area contributed by atoms with Crippen LogP contribution < -0.4 is 5.73 Å². The van der Waals surface area contributed by atoms with Crippen LogP contribution in [0.5, 0.6) is 0 Å². The van der Waals surface area contributed by atoms with Crippen LogP contribution in [-0.2, 0) is 0 Å². The van der Waals surface area contributed by atoms with Gasteiger partial charge in [-0.05, 0) is 13.0 Å². The molecule has 0 spiro atoms. The van der Waals surface area contributed by atoms with Crippen LogP contribution in [0, 0.1) is 0 Å². The molecule has 0 aromatic carbocycles. The summed E-state index contributed by atoms with van der Waals surface area (Å²) in [5, 5.41) is 0. The maximum Gasteiger partial charge on any atom is 0.280 e. The summed E-state index contributed by atoms with van der Waals surface area (Å²) in [5.41, 5.74) is 5.13. The zero-order valence-corrected chi connectivity index (χ0v) is 7.76. The van der Waals surface area contributed by atoms with Crippen molar-refractivity contribution in [2.24, 2.45) is 5.73 Å². The van der Waals surface area contributed by atoms with Crippen molar-refractivity contribution in [3.63, 3.8) is 0 Å². The quantitative estimate of drug-likeness (QED) is 0.809. The van der Waals surface area contributed by atoms with Gasteiger partial charge in [0.25, 0.3) is 6.43 Å². The molecule has 1 rings (SSSR count). The van der Waals surface area contributed by atoms with Crippen molar-refractivity contribution in [1.29, 1.82) is 0 Å². The van der Waals surface area contributed by atoms with Crippen molar-refractivity contribution in [2.75, 3.05) is 0 Å². The molecule has 74 valence electrons. The van der Waals surface area contributed by atoms with Gasteiger partial charge in [-0.15, -0.1) is 12.4 Å². The molecule has 1 atom stereocenters. The first kappa shape index (κ1) is 12.2. The fourth-order valence-corrected chi connectivity index (χ4v) is 0.729. The van der Waals surface area contributed by atoms with Crippen molar-refractivity contribution < 1.29 is 8.78 Å². The van der Waals surface area contributed by atoms with Crippen molar-refractivity contribution in [3.8, 4) is 0 Å². The second kappa shape index (κ2) is 5.04. The lowest BCUT2D eigenvalue weighted by Crippen LogP contribution is -2.10. The fraction of sp³-hybridized carbons (Fsp3) is 0.429. The van der Waals surface area contributed by atoms with E-state index in [1.807, 2.05) is 0 Å². The molecule has 0 saturated carbocycles. The molecule has 0 amide bonds. The zero-order valence-electron chi connectivity index (χ0n) is 6.95. The molecule has 2 N–H and O–H groups in total. The summed E-state index contributed by atoms with van der Waals surface area (Å²) in [7, 11) is 0. The molecule has 1 aromatic rings. The molecule has 1 aromatic heterocycles. The molecule has 0 aliphatic heterocycles. The summed E-state index contributed by atoms with van der Waals surface area (Å²) < 4.78 is 24.2. The van der Waals surface area contributed by atoms with Crippen LogP contribution >= 0.6 is 12.4 Å². The molecular weight excluding hydrogens is 200 g/mol. The number of hydrogen-bond donors (Lipinski definition) is 1. The van der Waals surface area contributed by atoms with Gasteiger partial charge in [0, 0.05) is 6.20 Å². The maximum absolute atomic E-state index is 12.1. The van der Waals surface area contributed by atoms with Crippen LogP contribution in [0.3, 0.4) is 0 Å². The van der Waals surface area contributed by atoms with Crippen molar-refractivity contribution >= 4 is 12.4 Å². The van der Waals surface area contributed by atoms with E-state index in [1.165, 1.54) is 12.3 Å². The molecule has 13 heavy (non-hydrogen) atoms. The Hall–Kier alpha value is -0.810. The highest BCUT2D eigenvalue weighted by Gasteiger charge is 2.10. The van der Waals surface area contributed by atoms with Crippen LogP contribution in [0.2, 0.25) is 0 Å². The topological polar surface area (TPSA) is 51.8 Å². The van der Waals surface area contributed by atoms with E-state index in [2.05, 4.69) is 9.97 Å². The van der Waals surface area contributed by atoms with Gasteiger partial charge >= 0.3 is 0 Å². The summed E-state index contributed by atoms with van der Waals surface area (Å²) >= 11 is 0. The lowest BCUT2D eigenvalue weighted by Gasteiger charge is -2.04. The van der Waals surface area contributed by atoms with Gasteiger partial charge in [0.15, 0.2) is 0 Å². The SMILES string of the molecule is CC(N)c1nccc(C(F)F)n1.Cl. The first-order valence-corrected chi connectivity index (χ1v) is 3.48. The van der Waals surface area contributed by atoms with Crippen LogP contribution in [0.25, 0.3) is 0 Å². The summed E-state index contributed by atoms with van der Waals surface area (Å²) in [6.45, 7) is 1.64. The number of nitrogens with two attached hydrogens (primary N) is 1. The molecule has 3 nitrogen and oxygen atoms in total. The minimum Gasteiger partial charge on any atom is -0.322 e. The van der Waals surface area contributed by atoms with Gasteiger partial charge in [0.1, 0.15) is 11.5 Å². The second-order valence-corrected chi connectivity index (χ2v) is 2.43. The fourth-order valence-electron chi connectivity index (χ4n) is 0.729. The molecule has 0 aliphatic carbocycles. The van der Waals surface area contributed by atoms with Gasteiger partial charge in [-0.1, -0.05) is 0 Å². The third-order valence-corrected chi connectivity index (χ3v) is 1.33. The maximum atomic E-state index is 12.1. The molecule has 0 radical (unpaired) electrons. The molecule has 1 heterocycles. The number of halogens is 3. The largest absolute Gasteiger partial charge is 0.322 e. The third-order valence-electron chi connectivity index (χ3n) is 1.33. The Kier molecular flexibility index (Phi) is 4.72. The molecular formula is C7H10ClF2N3. The zero-order chi connectivity index (χ0) is 9.14. The minimum absolute atomic E-state index is 0. The van der Waals surface area contributed by atoms with Gasteiger partial charge in [0.05, 0.1) is 6.04 Å². The summed E-state index contributed by atoms with van der Waals surface area (Å²) in [5.74, 6) is 0.243. The van der Waals surface area contributed by atoms with E-state index in [0.717, 1.165) is 0 Å². The Labute approximate surface area is 80.8 Å². The van der Waals surface area contributed by atoms with Crippen LogP contribution in [0.1, 0.15) is 30.9 Å². The average molecular weight is 210 g/mol. The number of alkyl halides is 2. The Bertz CT molecular complexity index is 244. The second-order valence-electron chi connectivity index (χ2n) is 2.43. The van der Waals surface area contributed by atoms with Crippen LogP contribution in [0.4, 0.5) is 8.78 Å². The van der Waals surface area contributed by atoms with Crippen molar-refractivity contribution in [1.82, 2.24) is 9.97 Å². The molecule has 0 saturated heterocycles. The Morgan fingerprint density at radius 1 is 1.46 bits per heavy atom. The highest BCUT2D eigenvalue weighted by Crippen LogP contribution is 2.16. The predicted molar refractivity (Wildman–Crippen MR) is 46.8 cm³/mol. The van der Waals surface area contributed by atoms with Crippen LogP contribution in [0.15, 0.2) is 12.3 Å². The average Bonchev–Trinajstić information content (AvgIpc) is 2.04. The van der Waals surface area contributed by atoms with E-state index < -0.39 is 12.5 Å². The lowest BCUT2D eigenvalue weighted by molar-refractivity contribution is 0.145. The minimum atomic E-state index is -2.56. The molecule has 6 heteroatoms. The smallest absolute Gasteiger partial charge is 0.280 e. The first-order chi connectivity index (χ1) is 5.61. The van der Waals surface area contributed by atoms with E-state index >= 15 is 0 Å². The van der Waals surface area contributed by atoms with Crippen LogP contribution in [-0.4, -0.2) is 9.97 Å². The summed E-state index contributed by atoms with van der Waals surface area (Å²) in [6, 6.07) is 0.764. The third kappa shape index (κ3) is 3.20.